The predicted octanol–water partition coefficient (Wildman–Crippen LogP) is 5.40. The summed E-state index contributed by atoms with van der Waals surface area (Å²) in [6, 6.07) is 31.5. The molecule has 2 aromatic heterocycles. The summed E-state index contributed by atoms with van der Waals surface area (Å²) in [4.78, 5) is 11.6. The Labute approximate surface area is 196 Å². The fourth-order valence-electron chi connectivity index (χ4n) is 4.11. The van der Waals surface area contributed by atoms with Crippen LogP contribution in [0.5, 0.6) is 5.75 Å². The van der Waals surface area contributed by atoms with E-state index >= 15 is 0 Å². The first-order chi connectivity index (χ1) is 16.3. The quantitative estimate of drug-likeness (QED) is 0.315. The Morgan fingerprint density at radius 3 is 1.73 bits per heavy atom. The zero-order valence-corrected chi connectivity index (χ0v) is 19.2. The second-order valence-electron chi connectivity index (χ2n) is 8.18. The number of aromatic nitrogens is 2. The maximum Gasteiger partial charge on any atom is 0.118 e. The van der Waals surface area contributed by atoms with Crippen molar-refractivity contribution in [1.29, 1.82) is 0 Å². The summed E-state index contributed by atoms with van der Waals surface area (Å²) in [6.07, 6.45) is 5.59. The summed E-state index contributed by atoms with van der Waals surface area (Å²) in [7, 11) is 1.71. The van der Waals surface area contributed by atoms with Gasteiger partial charge in [0.2, 0.25) is 0 Å². The Kier molecular flexibility index (Phi) is 8.20. The van der Waals surface area contributed by atoms with Gasteiger partial charge >= 0.3 is 0 Å². The van der Waals surface area contributed by atoms with E-state index in [0.29, 0.717) is 0 Å². The summed E-state index contributed by atoms with van der Waals surface area (Å²) in [5.74, 6) is 1.15. The van der Waals surface area contributed by atoms with Crippen LogP contribution in [-0.2, 0) is 12.8 Å². The molecule has 2 heterocycles. The second kappa shape index (κ2) is 11.9. The second-order valence-corrected chi connectivity index (χ2v) is 8.18. The van der Waals surface area contributed by atoms with Gasteiger partial charge in [0, 0.05) is 62.2 Å². The first-order valence-corrected chi connectivity index (χ1v) is 11.5. The topological polar surface area (TPSA) is 38.2 Å². The van der Waals surface area contributed by atoms with Gasteiger partial charge in [-0.25, -0.2) is 0 Å². The highest BCUT2D eigenvalue weighted by atomic mass is 16.5. The molecule has 4 aromatic rings. The molecule has 168 valence electrons. The molecule has 0 saturated heterocycles. The third kappa shape index (κ3) is 6.74. The molecule has 0 bridgehead atoms. The Hall–Kier alpha value is -3.50. The average molecular weight is 438 g/mol. The fourth-order valence-corrected chi connectivity index (χ4v) is 4.11. The van der Waals surface area contributed by atoms with Gasteiger partial charge in [0.1, 0.15) is 5.75 Å². The predicted molar refractivity (Wildman–Crippen MR) is 134 cm³/mol. The van der Waals surface area contributed by atoms with Gasteiger partial charge < -0.3 is 9.64 Å². The first-order valence-electron chi connectivity index (χ1n) is 11.5. The monoisotopic (exact) mass is 437 g/mol. The van der Waals surface area contributed by atoms with Crippen LogP contribution in [0.1, 0.15) is 28.4 Å². The zero-order chi connectivity index (χ0) is 22.7. The van der Waals surface area contributed by atoms with Crippen molar-refractivity contribution < 1.29 is 4.74 Å². The van der Waals surface area contributed by atoms with Gasteiger partial charge in [-0.2, -0.15) is 0 Å². The Morgan fingerprint density at radius 1 is 0.667 bits per heavy atom. The van der Waals surface area contributed by atoms with E-state index in [2.05, 4.69) is 93.7 Å². The van der Waals surface area contributed by atoms with Gasteiger partial charge in [0.15, 0.2) is 0 Å². The van der Waals surface area contributed by atoms with Crippen LogP contribution in [0, 0.1) is 0 Å². The van der Waals surface area contributed by atoms with Crippen LogP contribution in [0.3, 0.4) is 0 Å². The third-order valence-corrected chi connectivity index (χ3v) is 5.98. The molecule has 4 nitrogen and oxygen atoms in total. The first kappa shape index (κ1) is 22.7. The number of benzene rings is 2. The van der Waals surface area contributed by atoms with E-state index in [1.807, 2.05) is 24.5 Å². The molecule has 1 unspecified atom stereocenters. The van der Waals surface area contributed by atoms with E-state index in [1.54, 1.807) is 7.11 Å². The lowest BCUT2D eigenvalue weighted by Gasteiger charge is -2.28. The highest BCUT2D eigenvalue weighted by Crippen LogP contribution is 2.27. The van der Waals surface area contributed by atoms with E-state index < -0.39 is 0 Å². The van der Waals surface area contributed by atoms with E-state index in [9.17, 15) is 0 Å². The largest absolute Gasteiger partial charge is 0.497 e. The molecule has 0 fully saturated rings. The van der Waals surface area contributed by atoms with E-state index in [0.717, 1.165) is 49.6 Å². The summed E-state index contributed by atoms with van der Waals surface area (Å²) in [5, 5.41) is 0. The van der Waals surface area contributed by atoms with Gasteiger partial charge in [-0.3, -0.25) is 9.97 Å². The summed E-state index contributed by atoms with van der Waals surface area (Å²) in [5.41, 5.74) is 4.87. The lowest BCUT2D eigenvalue weighted by atomic mass is 9.90. The number of methoxy groups -OCH3 is 1. The fraction of sp³-hybridized carbons (Fsp3) is 0.241. The molecule has 0 aliphatic rings. The van der Waals surface area contributed by atoms with Crippen LogP contribution < -0.4 is 4.74 Å². The molecule has 0 spiro atoms. The zero-order valence-electron chi connectivity index (χ0n) is 19.2. The maximum atomic E-state index is 5.39. The summed E-state index contributed by atoms with van der Waals surface area (Å²) in [6.45, 7) is 2.82. The van der Waals surface area contributed by atoms with E-state index in [1.165, 1.54) is 11.1 Å². The van der Waals surface area contributed by atoms with Crippen molar-refractivity contribution in [2.24, 2.45) is 0 Å². The van der Waals surface area contributed by atoms with Gasteiger partial charge in [-0.1, -0.05) is 54.6 Å². The molecule has 0 aliphatic heterocycles. The number of rotatable bonds is 11. The Morgan fingerprint density at radius 2 is 1.21 bits per heavy atom. The van der Waals surface area contributed by atoms with E-state index in [-0.39, 0.29) is 5.92 Å². The molecule has 0 amide bonds. The SMILES string of the molecule is COc1ccc(C(CN(CCc2ccccn2)CCc2ccccn2)c2ccccc2)cc1. The maximum absolute atomic E-state index is 5.39. The minimum Gasteiger partial charge on any atom is -0.497 e. The van der Waals surface area contributed by atoms with Crippen LogP contribution in [0.15, 0.2) is 103 Å². The molecule has 0 aliphatic carbocycles. The molecule has 4 heteroatoms. The molecule has 0 radical (unpaired) electrons. The highest BCUT2D eigenvalue weighted by Gasteiger charge is 2.19. The molecular formula is C29H31N3O. The van der Waals surface area contributed by atoms with Gasteiger partial charge in [-0.15, -0.1) is 0 Å². The molecule has 0 N–H and O–H groups in total. The lowest BCUT2D eigenvalue weighted by molar-refractivity contribution is 0.270. The van der Waals surface area contributed by atoms with Crippen molar-refractivity contribution in [3.05, 3.63) is 126 Å². The molecule has 1 atom stereocenters. The standard InChI is InChI=1S/C29H31N3O/c1-33-28-15-13-25(14-16-28)29(24-9-3-2-4-10-24)23-32(21-17-26-11-5-7-19-30-26)22-18-27-12-6-8-20-31-27/h2-16,19-20,29H,17-18,21-23H2,1H3. The number of ether oxygens (including phenoxy) is 1. The molecular weight excluding hydrogens is 406 g/mol. The number of hydrogen-bond acceptors (Lipinski definition) is 4. The van der Waals surface area contributed by atoms with Gasteiger partial charge in [-0.05, 0) is 47.5 Å². The van der Waals surface area contributed by atoms with Gasteiger partial charge in [0.05, 0.1) is 7.11 Å². The van der Waals surface area contributed by atoms with Crippen LogP contribution >= 0.6 is 0 Å². The third-order valence-electron chi connectivity index (χ3n) is 5.98. The Bertz CT molecular complexity index is 1030. The van der Waals surface area contributed by atoms with Crippen molar-refractivity contribution >= 4 is 0 Å². The number of nitrogens with zero attached hydrogens (tertiary/aromatic N) is 3. The minimum atomic E-state index is 0.268. The van der Waals surface area contributed by atoms with Crippen LogP contribution in [0.2, 0.25) is 0 Å². The molecule has 4 rings (SSSR count). The lowest BCUT2D eigenvalue weighted by Crippen LogP contribution is -2.33. The highest BCUT2D eigenvalue weighted by molar-refractivity contribution is 5.36. The van der Waals surface area contributed by atoms with Crippen LogP contribution in [0.4, 0.5) is 0 Å². The number of hydrogen-bond donors (Lipinski definition) is 0. The van der Waals surface area contributed by atoms with Crippen molar-refractivity contribution in [1.82, 2.24) is 14.9 Å². The normalized spacial score (nSPS) is 11.9. The van der Waals surface area contributed by atoms with E-state index in [4.69, 9.17) is 4.74 Å². The van der Waals surface area contributed by atoms with Crippen LogP contribution in [-0.4, -0.2) is 41.6 Å². The summed E-state index contributed by atoms with van der Waals surface area (Å²) < 4.78 is 5.39. The van der Waals surface area contributed by atoms with Crippen LogP contribution in [0.25, 0.3) is 0 Å². The molecule has 0 saturated carbocycles. The Balaban J connectivity index is 1.56. The smallest absolute Gasteiger partial charge is 0.118 e. The number of pyridine rings is 2. The van der Waals surface area contributed by atoms with Crippen molar-refractivity contribution in [3.63, 3.8) is 0 Å². The average Bonchev–Trinajstić information content (AvgIpc) is 2.90. The minimum absolute atomic E-state index is 0.268. The molecule has 2 aromatic carbocycles. The summed E-state index contributed by atoms with van der Waals surface area (Å²) >= 11 is 0. The van der Waals surface area contributed by atoms with Crippen molar-refractivity contribution in [2.75, 3.05) is 26.7 Å². The van der Waals surface area contributed by atoms with Gasteiger partial charge in [0.25, 0.3) is 0 Å². The van der Waals surface area contributed by atoms with Crippen molar-refractivity contribution in [3.8, 4) is 5.75 Å². The molecule has 33 heavy (non-hydrogen) atoms. The van der Waals surface area contributed by atoms with Crippen molar-refractivity contribution in [2.45, 2.75) is 18.8 Å².